The molecule has 0 saturated carbocycles. The third-order valence-corrected chi connectivity index (χ3v) is 3.25. The molecule has 0 aliphatic carbocycles. The summed E-state index contributed by atoms with van der Waals surface area (Å²) in [6.07, 6.45) is 2.42. The van der Waals surface area contributed by atoms with Crippen molar-refractivity contribution in [2.45, 2.75) is 4.90 Å². The maximum atomic E-state index is 11.7. The second-order valence-electron chi connectivity index (χ2n) is 2.81. The Morgan fingerprint density at radius 2 is 2.12 bits per heavy atom. The standard InChI is InChI=1S/C8H6ClN3O3S/c9-7-2-1-6(5-10-7)16(13,14)12-8-3-4-15-11-8/h1-5H,(H,11,12). The molecule has 2 aromatic heterocycles. The van der Waals surface area contributed by atoms with Crippen molar-refractivity contribution in [1.82, 2.24) is 10.1 Å². The van der Waals surface area contributed by atoms with Crippen molar-refractivity contribution in [2.24, 2.45) is 0 Å². The van der Waals surface area contributed by atoms with Crippen LogP contribution in [0.3, 0.4) is 0 Å². The van der Waals surface area contributed by atoms with Crippen molar-refractivity contribution < 1.29 is 12.9 Å². The van der Waals surface area contributed by atoms with Gasteiger partial charge in [-0.25, -0.2) is 13.4 Å². The first-order chi connectivity index (χ1) is 7.58. The van der Waals surface area contributed by atoms with Gasteiger partial charge in [0, 0.05) is 12.3 Å². The molecule has 1 N–H and O–H groups in total. The molecule has 2 heterocycles. The molecule has 16 heavy (non-hydrogen) atoms. The lowest BCUT2D eigenvalue weighted by atomic mass is 10.5. The highest BCUT2D eigenvalue weighted by Gasteiger charge is 2.15. The number of hydrogen-bond donors (Lipinski definition) is 1. The molecule has 0 amide bonds. The summed E-state index contributed by atoms with van der Waals surface area (Å²) in [6.45, 7) is 0. The summed E-state index contributed by atoms with van der Waals surface area (Å²) in [7, 11) is -3.69. The largest absolute Gasteiger partial charge is 0.363 e. The Morgan fingerprint density at radius 3 is 2.69 bits per heavy atom. The molecule has 0 atom stereocenters. The van der Waals surface area contributed by atoms with Crippen LogP contribution in [0.15, 0.2) is 40.1 Å². The van der Waals surface area contributed by atoms with E-state index >= 15 is 0 Å². The summed E-state index contributed by atoms with van der Waals surface area (Å²) < 4.78 is 30.2. The first kappa shape index (κ1) is 10.9. The highest BCUT2D eigenvalue weighted by Crippen LogP contribution is 2.14. The third kappa shape index (κ3) is 2.31. The average molecular weight is 260 g/mol. The van der Waals surface area contributed by atoms with Crippen LogP contribution in [0.1, 0.15) is 0 Å². The number of sulfonamides is 1. The fraction of sp³-hybridized carbons (Fsp3) is 0. The molecular formula is C8H6ClN3O3S. The predicted molar refractivity (Wildman–Crippen MR) is 56.6 cm³/mol. The molecule has 0 aromatic carbocycles. The SMILES string of the molecule is O=S(=O)(Nc1ccon1)c1ccc(Cl)nc1. The zero-order chi connectivity index (χ0) is 11.6. The number of rotatable bonds is 3. The smallest absolute Gasteiger partial charge is 0.264 e. The minimum absolute atomic E-state index is 0.0000926. The summed E-state index contributed by atoms with van der Waals surface area (Å²) >= 11 is 5.55. The third-order valence-electron chi connectivity index (χ3n) is 1.69. The van der Waals surface area contributed by atoms with E-state index < -0.39 is 10.0 Å². The van der Waals surface area contributed by atoms with Crippen molar-refractivity contribution in [2.75, 3.05) is 4.72 Å². The lowest BCUT2D eigenvalue weighted by molar-refractivity contribution is 0.423. The molecule has 84 valence electrons. The molecule has 0 fully saturated rings. The monoisotopic (exact) mass is 259 g/mol. The van der Waals surface area contributed by atoms with Gasteiger partial charge in [-0.2, -0.15) is 0 Å². The summed E-state index contributed by atoms with van der Waals surface area (Å²) in [4.78, 5) is 3.68. The summed E-state index contributed by atoms with van der Waals surface area (Å²) in [5, 5.41) is 3.66. The van der Waals surface area contributed by atoms with Crippen LogP contribution in [0.5, 0.6) is 0 Å². The highest BCUT2D eigenvalue weighted by atomic mass is 35.5. The molecule has 0 aliphatic rings. The van der Waals surface area contributed by atoms with Gasteiger partial charge in [0.1, 0.15) is 16.3 Å². The molecule has 0 saturated heterocycles. The van der Waals surface area contributed by atoms with E-state index in [2.05, 4.69) is 19.4 Å². The molecule has 0 aliphatic heterocycles. The normalized spacial score (nSPS) is 11.3. The Hall–Kier alpha value is -1.60. The Bertz CT molecular complexity index is 565. The summed E-state index contributed by atoms with van der Waals surface area (Å²) in [6, 6.07) is 4.12. The van der Waals surface area contributed by atoms with Crippen molar-refractivity contribution in [3.05, 3.63) is 35.8 Å². The van der Waals surface area contributed by atoms with Gasteiger partial charge in [0.05, 0.1) is 0 Å². The zero-order valence-electron chi connectivity index (χ0n) is 7.79. The molecule has 8 heteroatoms. The van der Waals surface area contributed by atoms with Gasteiger partial charge in [-0.05, 0) is 12.1 Å². The topological polar surface area (TPSA) is 85.1 Å². The van der Waals surface area contributed by atoms with Crippen LogP contribution in [-0.4, -0.2) is 18.6 Å². The van der Waals surface area contributed by atoms with Gasteiger partial charge in [-0.3, -0.25) is 4.72 Å². The second kappa shape index (κ2) is 4.11. The van der Waals surface area contributed by atoms with Crippen LogP contribution in [0.4, 0.5) is 5.82 Å². The van der Waals surface area contributed by atoms with Crippen molar-refractivity contribution >= 4 is 27.4 Å². The molecule has 0 unspecified atom stereocenters. The zero-order valence-corrected chi connectivity index (χ0v) is 9.36. The molecular weight excluding hydrogens is 254 g/mol. The van der Waals surface area contributed by atoms with Crippen LogP contribution in [0.25, 0.3) is 0 Å². The van der Waals surface area contributed by atoms with E-state index in [1.807, 2.05) is 0 Å². The van der Waals surface area contributed by atoms with Gasteiger partial charge in [-0.15, -0.1) is 0 Å². The lowest BCUT2D eigenvalue weighted by Crippen LogP contribution is -2.13. The quantitative estimate of drug-likeness (QED) is 0.845. The van der Waals surface area contributed by atoms with E-state index in [1.54, 1.807) is 0 Å². The number of aromatic nitrogens is 2. The summed E-state index contributed by atoms with van der Waals surface area (Å²) in [5.41, 5.74) is 0. The van der Waals surface area contributed by atoms with Crippen LogP contribution < -0.4 is 4.72 Å². The number of halogens is 1. The maximum Gasteiger partial charge on any atom is 0.264 e. The maximum absolute atomic E-state index is 11.7. The Balaban J connectivity index is 2.29. The minimum atomic E-state index is -3.69. The fourth-order valence-electron chi connectivity index (χ4n) is 0.983. The van der Waals surface area contributed by atoms with E-state index in [9.17, 15) is 8.42 Å². The van der Waals surface area contributed by atoms with Crippen LogP contribution in [0.2, 0.25) is 5.15 Å². The molecule has 0 bridgehead atoms. The number of anilines is 1. The first-order valence-electron chi connectivity index (χ1n) is 4.13. The first-order valence-corrected chi connectivity index (χ1v) is 5.99. The fourth-order valence-corrected chi connectivity index (χ4v) is 2.03. The molecule has 6 nitrogen and oxygen atoms in total. The van der Waals surface area contributed by atoms with E-state index in [4.69, 9.17) is 11.6 Å². The number of nitrogens with one attached hydrogen (secondary N) is 1. The lowest BCUT2D eigenvalue weighted by Gasteiger charge is -2.03. The van der Waals surface area contributed by atoms with Gasteiger partial charge >= 0.3 is 0 Å². The molecule has 2 rings (SSSR count). The van der Waals surface area contributed by atoms with Gasteiger partial charge < -0.3 is 4.52 Å². The van der Waals surface area contributed by atoms with Crippen molar-refractivity contribution in [3.63, 3.8) is 0 Å². The molecule has 0 spiro atoms. The minimum Gasteiger partial charge on any atom is -0.363 e. The van der Waals surface area contributed by atoms with Crippen LogP contribution in [-0.2, 0) is 10.0 Å². The predicted octanol–water partition coefficient (Wildman–Crippen LogP) is 1.52. The number of pyridine rings is 1. The van der Waals surface area contributed by atoms with E-state index in [1.165, 1.54) is 24.5 Å². The number of nitrogens with zero attached hydrogens (tertiary/aromatic N) is 2. The van der Waals surface area contributed by atoms with Crippen LogP contribution >= 0.6 is 11.6 Å². The Morgan fingerprint density at radius 1 is 1.31 bits per heavy atom. The van der Waals surface area contributed by atoms with E-state index in [0.29, 0.717) is 0 Å². The molecule has 0 radical (unpaired) electrons. The van der Waals surface area contributed by atoms with Gasteiger partial charge in [0.25, 0.3) is 10.0 Å². The highest BCUT2D eigenvalue weighted by molar-refractivity contribution is 7.92. The second-order valence-corrected chi connectivity index (χ2v) is 4.88. The Labute approximate surface area is 96.3 Å². The van der Waals surface area contributed by atoms with Crippen molar-refractivity contribution in [1.29, 1.82) is 0 Å². The van der Waals surface area contributed by atoms with Crippen molar-refractivity contribution in [3.8, 4) is 0 Å². The molecule has 2 aromatic rings. The van der Waals surface area contributed by atoms with Gasteiger partial charge in [0.15, 0.2) is 5.82 Å². The van der Waals surface area contributed by atoms with Crippen LogP contribution in [0, 0.1) is 0 Å². The van der Waals surface area contributed by atoms with E-state index in [-0.39, 0.29) is 15.9 Å². The van der Waals surface area contributed by atoms with E-state index in [0.717, 1.165) is 6.20 Å². The number of hydrogen-bond acceptors (Lipinski definition) is 5. The summed E-state index contributed by atoms with van der Waals surface area (Å²) in [5.74, 6) is 0.106. The van der Waals surface area contributed by atoms with Gasteiger partial charge in [-0.1, -0.05) is 16.8 Å². The Kier molecular flexibility index (Phi) is 2.80. The average Bonchev–Trinajstić information content (AvgIpc) is 2.70. The van der Waals surface area contributed by atoms with Gasteiger partial charge in [0.2, 0.25) is 0 Å².